The van der Waals surface area contributed by atoms with Gasteiger partial charge in [-0.25, -0.2) is 12.8 Å². The van der Waals surface area contributed by atoms with Gasteiger partial charge >= 0.3 is 0 Å². The number of aryl methyl sites for hydroxylation is 1. The van der Waals surface area contributed by atoms with E-state index in [0.29, 0.717) is 5.82 Å². The van der Waals surface area contributed by atoms with Gasteiger partial charge in [0, 0.05) is 18.0 Å². The van der Waals surface area contributed by atoms with Crippen molar-refractivity contribution in [2.24, 2.45) is 0 Å². The average molecular weight is 342 g/mol. The van der Waals surface area contributed by atoms with Crippen LogP contribution in [0.25, 0.3) is 0 Å². The number of sulfone groups is 1. The third-order valence-corrected chi connectivity index (χ3v) is 4.82. The fourth-order valence-corrected chi connectivity index (χ4v) is 2.58. The molecule has 0 spiro atoms. The molecule has 1 aromatic heterocycles. The first-order valence-electron chi connectivity index (χ1n) is 6.75. The van der Waals surface area contributed by atoms with E-state index in [-0.39, 0.29) is 23.7 Å². The van der Waals surface area contributed by atoms with Crippen molar-refractivity contribution < 1.29 is 17.7 Å². The molecule has 0 aliphatic heterocycles. The number of benzene rings is 1. The molecule has 0 radical (unpaired) electrons. The highest BCUT2D eigenvalue weighted by Gasteiger charge is 2.16. The molecule has 1 N–H and O–H groups in total. The smallest absolute Gasteiger partial charge is 0.295 e. The predicted molar refractivity (Wildman–Crippen MR) is 82.9 cm³/mol. The minimum absolute atomic E-state index is 0.0404. The Morgan fingerprint density at radius 2 is 2.13 bits per heavy atom. The molecule has 2 aromatic rings. The van der Waals surface area contributed by atoms with Crippen molar-refractivity contribution in [1.29, 1.82) is 0 Å². The molecule has 0 aliphatic rings. The quantitative estimate of drug-likeness (QED) is 0.610. The van der Waals surface area contributed by atoms with Crippen LogP contribution >= 0.6 is 0 Å². The molecule has 1 heterocycles. The topological polar surface area (TPSA) is 107 Å². The second-order valence-electron chi connectivity index (χ2n) is 4.74. The van der Waals surface area contributed by atoms with E-state index in [1.807, 2.05) is 0 Å². The summed E-state index contributed by atoms with van der Waals surface area (Å²) in [5.41, 5.74) is -0.309. The second kappa shape index (κ2) is 6.73. The molecule has 10 heteroatoms. The van der Waals surface area contributed by atoms with Gasteiger partial charge in [0.05, 0.1) is 23.3 Å². The minimum Gasteiger partial charge on any atom is -0.333 e. The fourth-order valence-electron chi connectivity index (χ4n) is 1.83. The number of anilines is 2. The number of hydrogen-bond acceptors (Lipinski definition) is 6. The Hall–Kier alpha value is -2.49. The summed E-state index contributed by atoms with van der Waals surface area (Å²) in [6.45, 7) is 1.75. The number of nitro groups is 1. The summed E-state index contributed by atoms with van der Waals surface area (Å²) in [5.74, 6) is -0.395. The Kier molecular flexibility index (Phi) is 4.94. The van der Waals surface area contributed by atoms with Gasteiger partial charge in [0.1, 0.15) is 11.5 Å². The van der Waals surface area contributed by atoms with Crippen LogP contribution in [0.15, 0.2) is 30.5 Å². The zero-order valence-electron chi connectivity index (χ0n) is 12.3. The van der Waals surface area contributed by atoms with Gasteiger partial charge in [-0.3, -0.25) is 14.8 Å². The van der Waals surface area contributed by atoms with Crippen LogP contribution in [0.5, 0.6) is 0 Å². The van der Waals surface area contributed by atoms with Gasteiger partial charge in [0.15, 0.2) is 15.7 Å². The molecule has 2 rings (SSSR count). The van der Waals surface area contributed by atoms with Crippen molar-refractivity contribution in [2.75, 3.05) is 16.8 Å². The van der Waals surface area contributed by atoms with Crippen LogP contribution in [0.4, 0.5) is 21.6 Å². The van der Waals surface area contributed by atoms with E-state index in [1.165, 1.54) is 10.7 Å². The van der Waals surface area contributed by atoms with Crippen molar-refractivity contribution in [3.05, 3.63) is 46.4 Å². The minimum atomic E-state index is -3.10. The van der Waals surface area contributed by atoms with Gasteiger partial charge in [-0.05, 0) is 12.1 Å². The van der Waals surface area contributed by atoms with Crippen LogP contribution in [0, 0.1) is 15.9 Å². The molecular weight excluding hydrogens is 327 g/mol. The van der Waals surface area contributed by atoms with E-state index in [9.17, 15) is 22.9 Å². The number of nitro benzene ring substituents is 1. The normalized spacial score (nSPS) is 11.4. The van der Waals surface area contributed by atoms with Crippen molar-refractivity contribution >= 4 is 27.0 Å². The van der Waals surface area contributed by atoms with Crippen molar-refractivity contribution in [2.45, 2.75) is 13.5 Å². The van der Waals surface area contributed by atoms with E-state index < -0.39 is 26.3 Å². The number of nitrogens with zero attached hydrogens (tertiary/aromatic N) is 3. The lowest BCUT2D eigenvalue weighted by Gasteiger charge is -2.05. The molecule has 0 saturated heterocycles. The SMILES string of the molecule is CCS(=O)(=O)CCn1ccc(Nc2ccc(F)cc2[N+](=O)[O-])n1. The van der Waals surface area contributed by atoms with Gasteiger partial charge in [0.25, 0.3) is 5.69 Å². The van der Waals surface area contributed by atoms with E-state index in [4.69, 9.17) is 0 Å². The van der Waals surface area contributed by atoms with Gasteiger partial charge in [-0.1, -0.05) is 6.92 Å². The van der Waals surface area contributed by atoms with Gasteiger partial charge < -0.3 is 5.32 Å². The summed E-state index contributed by atoms with van der Waals surface area (Å²) in [6, 6.07) is 4.70. The predicted octanol–water partition coefficient (Wildman–Crippen LogP) is 2.11. The van der Waals surface area contributed by atoms with Gasteiger partial charge in [-0.15, -0.1) is 0 Å². The monoisotopic (exact) mass is 342 g/mol. The Labute approximate surface area is 132 Å². The molecule has 124 valence electrons. The van der Waals surface area contributed by atoms with Crippen LogP contribution in [0.2, 0.25) is 0 Å². The molecule has 0 atom stereocenters. The zero-order chi connectivity index (χ0) is 17.0. The Morgan fingerprint density at radius 3 is 2.78 bits per heavy atom. The van der Waals surface area contributed by atoms with Crippen molar-refractivity contribution in [3.63, 3.8) is 0 Å². The number of halogens is 1. The molecule has 0 bridgehead atoms. The maximum atomic E-state index is 13.1. The lowest BCUT2D eigenvalue weighted by Crippen LogP contribution is -2.15. The van der Waals surface area contributed by atoms with E-state index in [1.54, 1.807) is 19.2 Å². The molecule has 0 unspecified atom stereocenters. The molecular formula is C13H15FN4O4S. The number of nitrogens with one attached hydrogen (secondary N) is 1. The molecule has 8 nitrogen and oxygen atoms in total. The Bertz CT molecular complexity index is 819. The van der Waals surface area contributed by atoms with E-state index >= 15 is 0 Å². The first-order chi connectivity index (χ1) is 10.8. The molecule has 0 fully saturated rings. The maximum absolute atomic E-state index is 13.1. The lowest BCUT2D eigenvalue weighted by molar-refractivity contribution is -0.384. The highest BCUT2D eigenvalue weighted by Crippen LogP contribution is 2.27. The summed E-state index contributed by atoms with van der Waals surface area (Å²) < 4.78 is 37.4. The lowest BCUT2D eigenvalue weighted by atomic mass is 10.2. The zero-order valence-corrected chi connectivity index (χ0v) is 13.1. The number of rotatable bonds is 7. The fraction of sp³-hybridized carbons (Fsp3) is 0.308. The van der Waals surface area contributed by atoms with Crippen LogP contribution in [-0.4, -0.2) is 34.6 Å². The molecule has 0 aliphatic carbocycles. The first kappa shape index (κ1) is 16.9. The van der Waals surface area contributed by atoms with E-state index in [2.05, 4.69) is 10.4 Å². The van der Waals surface area contributed by atoms with Crippen LogP contribution in [0.3, 0.4) is 0 Å². The second-order valence-corrected chi connectivity index (χ2v) is 7.22. The third kappa shape index (κ3) is 4.49. The largest absolute Gasteiger partial charge is 0.333 e. The molecule has 0 saturated carbocycles. The summed E-state index contributed by atoms with van der Waals surface area (Å²) in [7, 11) is -3.10. The van der Waals surface area contributed by atoms with Crippen LogP contribution < -0.4 is 5.32 Å². The average Bonchev–Trinajstić information content (AvgIpc) is 2.94. The van der Waals surface area contributed by atoms with Crippen molar-refractivity contribution in [3.8, 4) is 0 Å². The number of hydrogen-bond donors (Lipinski definition) is 1. The summed E-state index contributed by atoms with van der Waals surface area (Å²) >= 11 is 0. The maximum Gasteiger partial charge on any atom is 0.295 e. The van der Waals surface area contributed by atoms with Gasteiger partial charge in [-0.2, -0.15) is 5.10 Å². The highest BCUT2D eigenvalue weighted by atomic mass is 32.2. The third-order valence-electron chi connectivity index (χ3n) is 3.13. The molecule has 1 aromatic carbocycles. The summed E-state index contributed by atoms with van der Waals surface area (Å²) in [5, 5.41) is 17.7. The molecule has 23 heavy (non-hydrogen) atoms. The Balaban J connectivity index is 2.12. The first-order valence-corrected chi connectivity index (χ1v) is 8.57. The van der Waals surface area contributed by atoms with Crippen LogP contribution in [0.1, 0.15) is 6.92 Å². The summed E-state index contributed by atoms with van der Waals surface area (Å²) in [4.78, 5) is 10.2. The Morgan fingerprint density at radius 1 is 1.39 bits per heavy atom. The van der Waals surface area contributed by atoms with Gasteiger partial charge in [0.2, 0.25) is 0 Å². The molecule has 0 amide bonds. The standard InChI is InChI=1S/C13H15FN4O4S/c1-2-23(21,22)8-7-17-6-5-13(16-17)15-11-4-3-10(14)9-12(11)18(19)20/h3-6,9H,2,7-8H2,1H3,(H,15,16). The van der Waals surface area contributed by atoms with E-state index in [0.717, 1.165) is 12.1 Å². The highest BCUT2D eigenvalue weighted by molar-refractivity contribution is 7.91. The van der Waals surface area contributed by atoms with Crippen molar-refractivity contribution in [1.82, 2.24) is 9.78 Å². The number of aromatic nitrogens is 2. The summed E-state index contributed by atoms with van der Waals surface area (Å²) in [6.07, 6.45) is 1.56. The van der Waals surface area contributed by atoms with Crippen LogP contribution in [-0.2, 0) is 16.4 Å².